The van der Waals surface area contributed by atoms with Crippen LogP contribution in [0.4, 0.5) is 5.69 Å². The molecule has 0 saturated carbocycles. The van der Waals surface area contributed by atoms with E-state index in [9.17, 15) is 4.79 Å². The fourth-order valence-electron chi connectivity index (χ4n) is 2.11. The van der Waals surface area contributed by atoms with E-state index in [1.807, 2.05) is 32.0 Å². The highest BCUT2D eigenvalue weighted by Gasteiger charge is 2.21. The number of nitrogens with zero attached hydrogens (tertiary/aromatic N) is 1. The molecule has 0 radical (unpaired) electrons. The number of nitrogens with two attached hydrogens (primary N) is 1. The summed E-state index contributed by atoms with van der Waals surface area (Å²) in [5, 5.41) is 14.1. The summed E-state index contributed by atoms with van der Waals surface area (Å²) >= 11 is 0. The van der Waals surface area contributed by atoms with Crippen molar-refractivity contribution in [1.82, 2.24) is 5.43 Å². The Hall–Kier alpha value is -2.37. The van der Waals surface area contributed by atoms with Gasteiger partial charge in [-0.25, -0.2) is 5.43 Å². The van der Waals surface area contributed by atoms with Crippen LogP contribution in [-0.4, -0.2) is 17.6 Å². The van der Waals surface area contributed by atoms with E-state index in [-0.39, 0.29) is 17.8 Å². The summed E-state index contributed by atoms with van der Waals surface area (Å²) < 4.78 is 0. The van der Waals surface area contributed by atoms with E-state index in [0.717, 1.165) is 22.5 Å². The third-order valence-electron chi connectivity index (χ3n) is 3.05. The maximum absolute atomic E-state index is 11.2. The van der Waals surface area contributed by atoms with Crippen molar-refractivity contribution in [2.45, 2.75) is 20.3 Å². The zero-order valence-electron chi connectivity index (χ0n) is 10.9. The zero-order valence-corrected chi connectivity index (χ0v) is 10.9. The highest BCUT2D eigenvalue weighted by atomic mass is 16.2. The van der Waals surface area contributed by atoms with Crippen LogP contribution < -0.4 is 16.5 Å². The van der Waals surface area contributed by atoms with Crippen LogP contribution in [0.2, 0.25) is 0 Å². The molecule has 0 spiro atoms. The van der Waals surface area contributed by atoms with Crippen molar-refractivity contribution in [3.8, 4) is 0 Å². The second-order valence-electron chi connectivity index (χ2n) is 4.71. The fourth-order valence-corrected chi connectivity index (χ4v) is 2.11. The van der Waals surface area contributed by atoms with Crippen LogP contribution in [-0.2, 0) is 4.79 Å². The Labute approximate surface area is 111 Å². The third-order valence-corrected chi connectivity index (χ3v) is 3.05. The second-order valence-corrected chi connectivity index (χ2v) is 4.71. The topological polar surface area (TPSA) is 103 Å². The minimum atomic E-state index is -0.0912. The summed E-state index contributed by atoms with van der Waals surface area (Å²) in [6, 6.07) is 5.74. The molecule has 6 nitrogen and oxygen atoms in total. The Balaban J connectivity index is 2.29. The lowest BCUT2D eigenvalue weighted by atomic mass is 9.93. The minimum Gasteiger partial charge on any atom is -0.370 e. The van der Waals surface area contributed by atoms with Crippen LogP contribution >= 0.6 is 0 Å². The Bertz CT molecular complexity index is 564. The highest BCUT2D eigenvalue weighted by molar-refractivity contribution is 6.06. The largest absolute Gasteiger partial charge is 0.370 e. The summed E-state index contributed by atoms with van der Waals surface area (Å²) in [4.78, 5) is 11.2. The van der Waals surface area contributed by atoms with Crippen molar-refractivity contribution in [1.29, 1.82) is 5.41 Å². The van der Waals surface area contributed by atoms with E-state index >= 15 is 0 Å². The molecule has 1 amide bonds. The van der Waals surface area contributed by atoms with E-state index in [2.05, 4.69) is 15.8 Å². The quantitative estimate of drug-likeness (QED) is 0.473. The molecule has 6 heteroatoms. The second kappa shape index (κ2) is 5.09. The number of nitrogens with one attached hydrogen (secondary N) is 3. The number of hydrogen-bond acceptors (Lipinski definition) is 3. The Morgan fingerprint density at radius 1 is 1.58 bits per heavy atom. The number of carbonyl (C=O) groups is 1. The maximum Gasteiger partial charge on any atom is 0.240 e. The molecule has 0 fully saturated rings. The summed E-state index contributed by atoms with van der Waals surface area (Å²) in [5.41, 5.74) is 11.4. The van der Waals surface area contributed by atoms with Crippen molar-refractivity contribution in [3.63, 3.8) is 0 Å². The number of rotatable bonds is 2. The number of amides is 1. The van der Waals surface area contributed by atoms with E-state index < -0.39 is 0 Å². The van der Waals surface area contributed by atoms with Gasteiger partial charge in [-0.3, -0.25) is 10.2 Å². The Morgan fingerprint density at radius 2 is 2.32 bits per heavy atom. The van der Waals surface area contributed by atoms with E-state index in [1.54, 1.807) is 0 Å². The highest BCUT2D eigenvalue weighted by Crippen LogP contribution is 2.21. The van der Waals surface area contributed by atoms with Gasteiger partial charge in [-0.05, 0) is 30.2 Å². The number of anilines is 1. The van der Waals surface area contributed by atoms with Gasteiger partial charge in [0.25, 0.3) is 0 Å². The molecule has 0 bridgehead atoms. The van der Waals surface area contributed by atoms with Gasteiger partial charge in [0.05, 0.1) is 5.71 Å². The molecular weight excluding hydrogens is 242 g/mol. The van der Waals surface area contributed by atoms with Gasteiger partial charge in [-0.1, -0.05) is 13.0 Å². The monoisotopic (exact) mass is 259 g/mol. The van der Waals surface area contributed by atoms with Crippen molar-refractivity contribution >= 4 is 23.3 Å². The molecule has 0 aliphatic carbocycles. The smallest absolute Gasteiger partial charge is 0.240 e. The molecule has 1 aromatic carbocycles. The fraction of sp³-hybridized carbons (Fsp3) is 0.308. The normalized spacial score (nSPS) is 18.5. The van der Waals surface area contributed by atoms with Crippen LogP contribution in [0.3, 0.4) is 0 Å². The number of hydrazone groups is 1. The number of guanidine groups is 1. The van der Waals surface area contributed by atoms with Crippen LogP contribution in [0.15, 0.2) is 23.3 Å². The van der Waals surface area contributed by atoms with E-state index in [4.69, 9.17) is 11.1 Å². The maximum atomic E-state index is 11.2. The van der Waals surface area contributed by atoms with Crippen molar-refractivity contribution in [2.24, 2.45) is 16.8 Å². The first kappa shape index (κ1) is 13.1. The molecule has 5 N–H and O–H groups in total. The molecule has 1 aliphatic heterocycles. The molecule has 19 heavy (non-hydrogen) atoms. The van der Waals surface area contributed by atoms with Crippen LogP contribution in [0.25, 0.3) is 0 Å². The molecule has 0 saturated heterocycles. The van der Waals surface area contributed by atoms with E-state index in [1.165, 1.54) is 0 Å². The van der Waals surface area contributed by atoms with Crippen LogP contribution in [0.5, 0.6) is 0 Å². The van der Waals surface area contributed by atoms with Crippen LogP contribution in [0.1, 0.15) is 24.5 Å². The summed E-state index contributed by atoms with van der Waals surface area (Å²) in [6.45, 7) is 3.91. The molecule has 1 unspecified atom stereocenters. The SMILES string of the molecule is Cc1cc(C2=NNC(=O)CC2C)ccc1NC(=N)N. The number of benzene rings is 1. The first-order valence-electron chi connectivity index (χ1n) is 6.06. The van der Waals surface area contributed by atoms with E-state index in [0.29, 0.717) is 6.42 Å². The first-order valence-corrected chi connectivity index (χ1v) is 6.06. The van der Waals surface area contributed by atoms with Gasteiger partial charge < -0.3 is 11.1 Å². The molecule has 100 valence electrons. The number of carbonyl (C=O) groups excluding carboxylic acids is 1. The van der Waals surface area contributed by atoms with Gasteiger partial charge >= 0.3 is 0 Å². The summed E-state index contributed by atoms with van der Waals surface area (Å²) in [6.07, 6.45) is 0.450. The van der Waals surface area contributed by atoms with Gasteiger partial charge in [0.1, 0.15) is 0 Å². The van der Waals surface area contributed by atoms with Gasteiger partial charge in [0.15, 0.2) is 5.96 Å². The van der Waals surface area contributed by atoms with Crippen molar-refractivity contribution in [3.05, 3.63) is 29.3 Å². The summed E-state index contributed by atoms with van der Waals surface area (Å²) in [7, 11) is 0. The molecular formula is C13H17N5O. The average Bonchev–Trinajstić information content (AvgIpc) is 2.31. The lowest BCUT2D eigenvalue weighted by Crippen LogP contribution is -2.32. The lowest BCUT2D eigenvalue weighted by Gasteiger charge is -2.20. The van der Waals surface area contributed by atoms with Gasteiger partial charge in [-0.15, -0.1) is 0 Å². The Kier molecular flexibility index (Phi) is 3.50. The molecule has 1 heterocycles. The number of aryl methyl sites for hydroxylation is 1. The minimum absolute atomic E-state index is 0.0529. The van der Waals surface area contributed by atoms with Gasteiger partial charge in [0.2, 0.25) is 5.91 Å². The van der Waals surface area contributed by atoms with Crippen molar-refractivity contribution < 1.29 is 4.79 Å². The van der Waals surface area contributed by atoms with Crippen molar-refractivity contribution in [2.75, 3.05) is 5.32 Å². The summed E-state index contributed by atoms with van der Waals surface area (Å²) in [5.74, 6) is -0.0471. The predicted molar refractivity (Wildman–Crippen MR) is 75.2 cm³/mol. The molecule has 0 aromatic heterocycles. The molecule has 1 aliphatic rings. The standard InChI is InChI=1S/C13H17N5O/c1-7-5-9(3-4-10(7)16-13(14)15)12-8(2)6-11(19)17-18-12/h3-5,8H,6H2,1-2H3,(H,17,19)(H4,14,15,16). The zero-order chi connectivity index (χ0) is 14.0. The third kappa shape index (κ3) is 2.90. The predicted octanol–water partition coefficient (Wildman–Crippen LogP) is 1.16. The Morgan fingerprint density at radius 3 is 2.89 bits per heavy atom. The molecule has 2 rings (SSSR count). The lowest BCUT2D eigenvalue weighted by molar-refractivity contribution is -0.121. The van der Waals surface area contributed by atoms with Gasteiger partial charge in [0, 0.05) is 18.0 Å². The first-order chi connectivity index (χ1) is 8.97. The average molecular weight is 259 g/mol. The molecule has 1 aromatic rings. The van der Waals surface area contributed by atoms with Crippen LogP contribution in [0, 0.1) is 18.3 Å². The number of hydrogen-bond donors (Lipinski definition) is 4. The molecule has 1 atom stereocenters. The van der Waals surface area contributed by atoms with Gasteiger partial charge in [-0.2, -0.15) is 5.10 Å².